The molecule has 1 amide bonds. The quantitative estimate of drug-likeness (QED) is 0.377. The normalized spacial score (nSPS) is 15.5. The molecular formula is C24H23F6N5O. The average molecular weight is 511 g/mol. The lowest BCUT2D eigenvalue weighted by Crippen LogP contribution is -2.43. The Morgan fingerprint density at radius 1 is 1.03 bits per heavy atom. The van der Waals surface area contributed by atoms with Gasteiger partial charge in [-0.25, -0.2) is 13.2 Å². The first-order valence-corrected chi connectivity index (χ1v) is 11.2. The first kappa shape index (κ1) is 25.7. The number of alkyl halides is 3. The SMILES string of the molecule is C[C@H](N[C@@H](CC(=O)N1CCn2c(nnc2C(F)(F)F)C1)Cc1cc(F)c(F)cc1F)c1ccccc1. The van der Waals surface area contributed by atoms with Crippen LogP contribution in [0, 0.1) is 17.5 Å². The zero-order valence-electron chi connectivity index (χ0n) is 19.2. The van der Waals surface area contributed by atoms with E-state index in [-0.39, 0.29) is 49.9 Å². The van der Waals surface area contributed by atoms with Gasteiger partial charge in [0.05, 0.1) is 6.54 Å². The molecule has 12 heteroatoms. The van der Waals surface area contributed by atoms with Gasteiger partial charge in [0, 0.05) is 37.7 Å². The molecule has 2 atom stereocenters. The van der Waals surface area contributed by atoms with E-state index in [1.54, 1.807) is 0 Å². The molecule has 0 saturated carbocycles. The van der Waals surface area contributed by atoms with Crippen molar-refractivity contribution >= 4 is 5.91 Å². The monoisotopic (exact) mass is 511 g/mol. The molecule has 1 aliphatic heterocycles. The number of aromatic nitrogens is 3. The van der Waals surface area contributed by atoms with Crippen LogP contribution in [-0.4, -0.2) is 38.2 Å². The summed E-state index contributed by atoms with van der Waals surface area (Å²) in [6.45, 7) is 1.56. The van der Waals surface area contributed by atoms with Gasteiger partial charge in [0.15, 0.2) is 17.5 Å². The molecule has 2 heterocycles. The van der Waals surface area contributed by atoms with Crippen molar-refractivity contribution in [1.29, 1.82) is 0 Å². The van der Waals surface area contributed by atoms with Crippen molar-refractivity contribution in [3.63, 3.8) is 0 Å². The summed E-state index contributed by atoms with van der Waals surface area (Å²) in [4.78, 5) is 14.5. The fraction of sp³-hybridized carbons (Fsp3) is 0.375. The van der Waals surface area contributed by atoms with Gasteiger partial charge < -0.3 is 14.8 Å². The summed E-state index contributed by atoms with van der Waals surface area (Å²) in [5.74, 6) is -4.97. The van der Waals surface area contributed by atoms with Crippen LogP contribution in [0.5, 0.6) is 0 Å². The Morgan fingerprint density at radius 2 is 1.72 bits per heavy atom. The summed E-state index contributed by atoms with van der Waals surface area (Å²) in [5, 5.41) is 10.0. The zero-order valence-corrected chi connectivity index (χ0v) is 19.2. The van der Waals surface area contributed by atoms with Crippen LogP contribution < -0.4 is 5.32 Å². The fourth-order valence-electron chi connectivity index (χ4n) is 4.29. The molecule has 3 aromatic rings. The molecule has 36 heavy (non-hydrogen) atoms. The van der Waals surface area contributed by atoms with Crippen LogP contribution >= 0.6 is 0 Å². The third kappa shape index (κ3) is 5.69. The molecule has 0 unspecified atom stereocenters. The number of halogens is 6. The third-order valence-corrected chi connectivity index (χ3v) is 6.12. The molecule has 0 fully saturated rings. The highest BCUT2D eigenvalue weighted by atomic mass is 19.4. The predicted molar refractivity (Wildman–Crippen MR) is 117 cm³/mol. The van der Waals surface area contributed by atoms with Crippen molar-refractivity contribution in [2.24, 2.45) is 0 Å². The van der Waals surface area contributed by atoms with Gasteiger partial charge in [0.25, 0.3) is 0 Å². The lowest BCUT2D eigenvalue weighted by molar-refractivity contribution is -0.148. The molecule has 0 saturated heterocycles. The summed E-state index contributed by atoms with van der Waals surface area (Å²) >= 11 is 0. The number of nitrogens with zero attached hydrogens (tertiary/aromatic N) is 4. The van der Waals surface area contributed by atoms with Crippen LogP contribution in [0.2, 0.25) is 0 Å². The largest absolute Gasteiger partial charge is 0.451 e. The number of hydrogen-bond acceptors (Lipinski definition) is 4. The predicted octanol–water partition coefficient (Wildman–Crippen LogP) is 4.41. The van der Waals surface area contributed by atoms with E-state index >= 15 is 0 Å². The van der Waals surface area contributed by atoms with E-state index in [1.807, 2.05) is 37.3 Å². The van der Waals surface area contributed by atoms with E-state index < -0.39 is 41.4 Å². The van der Waals surface area contributed by atoms with Gasteiger partial charge >= 0.3 is 6.18 Å². The molecule has 0 bridgehead atoms. The Balaban J connectivity index is 1.52. The minimum Gasteiger partial charge on any atom is -0.333 e. The van der Waals surface area contributed by atoms with Crippen molar-refractivity contribution in [2.75, 3.05) is 6.54 Å². The van der Waals surface area contributed by atoms with Gasteiger partial charge in [-0.15, -0.1) is 10.2 Å². The van der Waals surface area contributed by atoms with Gasteiger partial charge in [-0.2, -0.15) is 13.2 Å². The highest BCUT2D eigenvalue weighted by molar-refractivity contribution is 5.77. The number of benzene rings is 2. The van der Waals surface area contributed by atoms with Crippen LogP contribution in [0.15, 0.2) is 42.5 Å². The Kier molecular flexibility index (Phi) is 7.34. The van der Waals surface area contributed by atoms with Crippen molar-refractivity contribution in [2.45, 2.75) is 51.1 Å². The van der Waals surface area contributed by atoms with Gasteiger partial charge in [-0.3, -0.25) is 4.79 Å². The Bertz CT molecular complexity index is 1230. The minimum absolute atomic E-state index is 0.00739. The van der Waals surface area contributed by atoms with E-state index in [9.17, 15) is 31.1 Å². The lowest BCUT2D eigenvalue weighted by Gasteiger charge is -2.30. The van der Waals surface area contributed by atoms with Crippen molar-refractivity contribution in [3.8, 4) is 0 Å². The molecule has 6 nitrogen and oxygen atoms in total. The Morgan fingerprint density at radius 3 is 2.42 bits per heavy atom. The summed E-state index contributed by atoms with van der Waals surface area (Å²) in [5.41, 5.74) is 0.791. The van der Waals surface area contributed by atoms with Gasteiger partial charge in [-0.1, -0.05) is 30.3 Å². The number of hydrogen-bond donors (Lipinski definition) is 1. The summed E-state index contributed by atoms with van der Waals surface area (Å²) in [6, 6.07) is 9.51. The number of carbonyl (C=O) groups is 1. The molecule has 192 valence electrons. The smallest absolute Gasteiger partial charge is 0.333 e. The minimum atomic E-state index is -4.66. The molecule has 1 N–H and O–H groups in total. The highest BCUT2D eigenvalue weighted by Gasteiger charge is 2.40. The molecule has 0 radical (unpaired) electrons. The lowest BCUT2D eigenvalue weighted by atomic mass is 9.99. The van der Waals surface area contributed by atoms with Crippen LogP contribution in [-0.2, 0) is 30.5 Å². The van der Waals surface area contributed by atoms with Crippen molar-refractivity contribution in [3.05, 3.63) is 82.7 Å². The van der Waals surface area contributed by atoms with E-state index in [1.165, 1.54) is 4.90 Å². The molecule has 2 aromatic carbocycles. The Hall–Kier alpha value is -3.41. The second-order valence-corrected chi connectivity index (χ2v) is 8.67. The molecule has 0 spiro atoms. The van der Waals surface area contributed by atoms with Crippen molar-refractivity contribution in [1.82, 2.24) is 25.0 Å². The molecular weight excluding hydrogens is 488 g/mol. The van der Waals surface area contributed by atoms with Crippen LogP contribution in [0.3, 0.4) is 0 Å². The van der Waals surface area contributed by atoms with Gasteiger partial charge in [-0.05, 0) is 30.5 Å². The van der Waals surface area contributed by atoms with Crippen LogP contribution in [0.1, 0.15) is 42.2 Å². The molecule has 1 aromatic heterocycles. The first-order chi connectivity index (χ1) is 17.0. The maximum Gasteiger partial charge on any atom is 0.451 e. The first-order valence-electron chi connectivity index (χ1n) is 11.2. The van der Waals surface area contributed by atoms with Crippen LogP contribution in [0.25, 0.3) is 0 Å². The Labute approximate surface area is 202 Å². The number of fused-ring (bicyclic) bond motifs is 1. The second kappa shape index (κ2) is 10.3. The molecule has 1 aliphatic rings. The molecule has 4 rings (SSSR count). The van der Waals surface area contributed by atoms with Gasteiger partial charge in [0.1, 0.15) is 5.82 Å². The number of amides is 1. The van der Waals surface area contributed by atoms with Crippen molar-refractivity contribution < 1.29 is 31.1 Å². The topological polar surface area (TPSA) is 63.1 Å². The van der Waals surface area contributed by atoms with E-state index in [0.717, 1.165) is 16.2 Å². The standard InChI is InChI=1S/C24H23F6N5O/c1-14(15-5-3-2-4-6-15)31-17(9-16-10-19(26)20(27)12-18(16)25)11-22(36)34-7-8-35-21(13-34)32-33-23(35)24(28,29)30/h2-6,10,12,14,17,31H,7-9,11,13H2,1H3/t14-,17+/m0/s1. The maximum absolute atomic E-state index is 14.4. The van der Waals surface area contributed by atoms with E-state index in [4.69, 9.17) is 0 Å². The third-order valence-electron chi connectivity index (χ3n) is 6.12. The second-order valence-electron chi connectivity index (χ2n) is 8.67. The fourth-order valence-corrected chi connectivity index (χ4v) is 4.29. The highest BCUT2D eigenvalue weighted by Crippen LogP contribution is 2.29. The number of rotatable bonds is 7. The van der Waals surface area contributed by atoms with E-state index in [0.29, 0.717) is 6.07 Å². The maximum atomic E-state index is 14.4. The average Bonchev–Trinajstić information content (AvgIpc) is 3.27. The number of carbonyl (C=O) groups excluding carboxylic acids is 1. The summed E-state index contributed by atoms with van der Waals surface area (Å²) in [6.07, 6.45) is -4.93. The summed E-state index contributed by atoms with van der Waals surface area (Å²) in [7, 11) is 0. The number of nitrogens with one attached hydrogen (secondary N) is 1. The van der Waals surface area contributed by atoms with Gasteiger partial charge in [0.2, 0.25) is 11.7 Å². The van der Waals surface area contributed by atoms with E-state index in [2.05, 4.69) is 15.5 Å². The van der Waals surface area contributed by atoms with Crippen LogP contribution in [0.4, 0.5) is 26.3 Å². The zero-order chi connectivity index (χ0) is 26.0. The summed E-state index contributed by atoms with van der Waals surface area (Å²) < 4.78 is 81.8. The molecule has 0 aliphatic carbocycles.